The predicted octanol–water partition coefficient (Wildman–Crippen LogP) is 2.03. The SMILES string of the molecule is CCC(CSC)NC(=O)CCBr. The molecule has 0 saturated carbocycles. The second-order valence-corrected chi connectivity index (χ2v) is 4.27. The molecule has 0 aromatic heterocycles. The number of hydrogen-bond acceptors (Lipinski definition) is 2. The van der Waals surface area contributed by atoms with Crippen molar-refractivity contribution in [2.45, 2.75) is 25.8 Å². The number of rotatable bonds is 6. The van der Waals surface area contributed by atoms with E-state index >= 15 is 0 Å². The lowest BCUT2D eigenvalue weighted by atomic mass is 10.2. The van der Waals surface area contributed by atoms with Crippen LogP contribution in [0.25, 0.3) is 0 Å². The molecule has 0 spiro atoms. The van der Waals surface area contributed by atoms with Gasteiger partial charge in [0.25, 0.3) is 0 Å². The zero-order valence-electron chi connectivity index (χ0n) is 7.60. The number of alkyl halides is 1. The molecule has 0 aliphatic carbocycles. The molecule has 0 aliphatic heterocycles. The lowest BCUT2D eigenvalue weighted by Gasteiger charge is -2.14. The van der Waals surface area contributed by atoms with Crippen LogP contribution in [0.1, 0.15) is 19.8 Å². The Morgan fingerprint density at radius 2 is 2.33 bits per heavy atom. The summed E-state index contributed by atoms with van der Waals surface area (Å²) in [6, 6.07) is 0.339. The third kappa shape index (κ3) is 5.89. The van der Waals surface area contributed by atoms with Crippen LogP contribution in [0.5, 0.6) is 0 Å². The van der Waals surface area contributed by atoms with E-state index in [1.807, 2.05) is 0 Å². The molecule has 0 heterocycles. The number of nitrogens with one attached hydrogen (secondary N) is 1. The van der Waals surface area contributed by atoms with Crippen LogP contribution in [0, 0.1) is 0 Å². The molecule has 0 aliphatic rings. The van der Waals surface area contributed by atoms with Crippen LogP contribution in [-0.4, -0.2) is 29.3 Å². The maximum absolute atomic E-state index is 11.1. The van der Waals surface area contributed by atoms with Gasteiger partial charge in [-0.15, -0.1) is 0 Å². The van der Waals surface area contributed by atoms with E-state index in [2.05, 4.69) is 34.4 Å². The fourth-order valence-electron chi connectivity index (χ4n) is 0.848. The third-order valence-corrected chi connectivity index (χ3v) is 2.68. The Balaban J connectivity index is 3.61. The number of hydrogen-bond donors (Lipinski definition) is 1. The number of carbonyl (C=O) groups is 1. The standard InChI is InChI=1S/C8H16BrNOS/c1-3-7(6-12-2)10-8(11)4-5-9/h7H,3-6H2,1-2H3,(H,10,11). The number of amides is 1. The van der Waals surface area contributed by atoms with Crippen molar-refractivity contribution < 1.29 is 4.79 Å². The summed E-state index contributed by atoms with van der Waals surface area (Å²) < 4.78 is 0. The summed E-state index contributed by atoms with van der Waals surface area (Å²) in [5.74, 6) is 1.15. The van der Waals surface area contributed by atoms with Crippen molar-refractivity contribution in [3.05, 3.63) is 0 Å². The van der Waals surface area contributed by atoms with Crippen molar-refractivity contribution in [2.24, 2.45) is 0 Å². The van der Waals surface area contributed by atoms with Crippen LogP contribution in [0.4, 0.5) is 0 Å². The van der Waals surface area contributed by atoms with Gasteiger partial charge in [-0.2, -0.15) is 11.8 Å². The molecule has 0 saturated heterocycles. The molecule has 1 atom stereocenters. The second kappa shape index (κ2) is 7.92. The molecular weight excluding hydrogens is 238 g/mol. The highest BCUT2D eigenvalue weighted by Gasteiger charge is 2.08. The Morgan fingerprint density at radius 3 is 2.75 bits per heavy atom. The lowest BCUT2D eigenvalue weighted by Crippen LogP contribution is -2.36. The highest BCUT2D eigenvalue weighted by atomic mass is 79.9. The summed E-state index contributed by atoms with van der Waals surface area (Å²) in [6.07, 6.45) is 3.64. The zero-order chi connectivity index (χ0) is 9.40. The quantitative estimate of drug-likeness (QED) is 0.735. The van der Waals surface area contributed by atoms with Crippen LogP contribution in [0.3, 0.4) is 0 Å². The third-order valence-electron chi connectivity index (χ3n) is 1.55. The summed E-state index contributed by atoms with van der Waals surface area (Å²) in [5.41, 5.74) is 0. The normalized spacial score (nSPS) is 12.6. The molecule has 0 aromatic carbocycles. The van der Waals surface area contributed by atoms with Crippen molar-refractivity contribution in [3.63, 3.8) is 0 Å². The first-order chi connectivity index (χ1) is 5.74. The average molecular weight is 254 g/mol. The van der Waals surface area contributed by atoms with Gasteiger partial charge in [0, 0.05) is 23.5 Å². The lowest BCUT2D eigenvalue weighted by molar-refractivity contribution is -0.121. The molecule has 0 radical (unpaired) electrons. The summed E-state index contributed by atoms with van der Waals surface area (Å²) in [5, 5.41) is 3.72. The minimum Gasteiger partial charge on any atom is -0.353 e. The second-order valence-electron chi connectivity index (χ2n) is 2.57. The van der Waals surface area contributed by atoms with Crippen molar-refractivity contribution >= 4 is 33.6 Å². The summed E-state index contributed by atoms with van der Waals surface area (Å²) in [4.78, 5) is 11.1. The Morgan fingerprint density at radius 1 is 1.67 bits per heavy atom. The molecule has 12 heavy (non-hydrogen) atoms. The molecule has 1 unspecified atom stereocenters. The average Bonchev–Trinajstić information content (AvgIpc) is 2.04. The molecule has 0 rings (SSSR count). The molecule has 1 amide bonds. The maximum Gasteiger partial charge on any atom is 0.221 e. The summed E-state index contributed by atoms with van der Waals surface area (Å²) in [7, 11) is 0. The molecule has 4 heteroatoms. The van der Waals surface area contributed by atoms with Crippen molar-refractivity contribution in [2.75, 3.05) is 17.3 Å². The van der Waals surface area contributed by atoms with E-state index in [9.17, 15) is 4.79 Å². The van der Waals surface area contributed by atoms with E-state index in [4.69, 9.17) is 0 Å². The molecule has 0 aromatic rings. The van der Waals surface area contributed by atoms with Gasteiger partial charge in [-0.3, -0.25) is 4.79 Å². The minimum atomic E-state index is 0.146. The highest BCUT2D eigenvalue weighted by Crippen LogP contribution is 2.01. The van der Waals surface area contributed by atoms with Crippen molar-refractivity contribution in [1.82, 2.24) is 5.32 Å². The topological polar surface area (TPSA) is 29.1 Å². The Bertz CT molecular complexity index is 132. The molecule has 0 fully saturated rings. The molecule has 0 bridgehead atoms. The van der Waals surface area contributed by atoms with Gasteiger partial charge >= 0.3 is 0 Å². The first-order valence-electron chi connectivity index (χ1n) is 4.08. The van der Waals surface area contributed by atoms with Crippen LogP contribution in [0.2, 0.25) is 0 Å². The Labute approximate surface area is 87.0 Å². The van der Waals surface area contributed by atoms with Crippen LogP contribution in [-0.2, 0) is 4.79 Å². The molecule has 1 N–H and O–H groups in total. The van der Waals surface area contributed by atoms with Gasteiger partial charge in [-0.1, -0.05) is 22.9 Å². The summed E-state index contributed by atoms with van der Waals surface area (Å²) in [6.45, 7) is 2.09. The highest BCUT2D eigenvalue weighted by molar-refractivity contribution is 9.09. The zero-order valence-corrected chi connectivity index (χ0v) is 10.0. The first-order valence-corrected chi connectivity index (χ1v) is 6.60. The first kappa shape index (κ1) is 12.3. The number of carbonyl (C=O) groups excluding carboxylic acids is 1. The molecule has 72 valence electrons. The van der Waals surface area contributed by atoms with E-state index in [1.54, 1.807) is 11.8 Å². The van der Waals surface area contributed by atoms with E-state index < -0.39 is 0 Å². The Hall–Kier alpha value is 0.300. The van der Waals surface area contributed by atoms with Crippen molar-refractivity contribution in [1.29, 1.82) is 0 Å². The predicted molar refractivity (Wildman–Crippen MR) is 59.0 cm³/mol. The largest absolute Gasteiger partial charge is 0.353 e. The fourth-order valence-corrected chi connectivity index (χ4v) is 1.93. The van der Waals surface area contributed by atoms with E-state index in [0.29, 0.717) is 12.5 Å². The minimum absolute atomic E-state index is 0.146. The van der Waals surface area contributed by atoms with E-state index in [0.717, 1.165) is 17.5 Å². The van der Waals surface area contributed by atoms with E-state index in [-0.39, 0.29) is 5.91 Å². The Kier molecular flexibility index (Phi) is 8.12. The number of thioether (sulfide) groups is 1. The number of halogens is 1. The van der Waals surface area contributed by atoms with Gasteiger partial charge < -0.3 is 5.32 Å². The summed E-state index contributed by atoms with van der Waals surface area (Å²) >= 11 is 5.00. The van der Waals surface area contributed by atoms with Gasteiger partial charge in [0.1, 0.15) is 0 Å². The van der Waals surface area contributed by atoms with Crippen LogP contribution >= 0.6 is 27.7 Å². The molecular formula is C8H16BrNOS. The van der Waals surface area contributed by atoms with Gasteiger partial charge in [-0.05, 0) is 12.7 Å². The van der Waals surface area contributed by atoms with Crippen LogP contribution in [0.15, 0.2) is 0 Å². The molecule has 2 nitrogen and oxygen atoms in total. The van der Waals surface area contributed by atoms with Crippen LogP contribution < -0.4 is 5.32 Å². The maximum atomic E-state index is 11.1. The van der Waals surface area contributed by atoms with Gasteiger partial charge in [-0.25, -0.2) is 0 Å². The van der Waals surface area contributed by atoms with Gasteiger partial charge in [0.2, 0.25) is 5.91 Å². The fraction of sp³-hybridized carbons (Fsp3) is 0.875. The van der Waals surface area contributed by atoms with Crippen molar-refractivity contribution in [3.8, 4) is 0 Å². The van der Waals surface area contributed by atoms with Gasteiger partial charge in [0.05, 0.1) is 0 Å². The van der Waals surface area contributed by atoms with Gasteiger partial charge in [0.15, 0.2) is 0 Å². The monoisotopic (exact) mass is 253 g/mol. The smallest absolute Gasteiger partial charge is 0.221 e. The van der Waals surface area contributed by atoms with E-state index in [1.165, 1.54) is 0 Å².